The van der Waals surface area contributed by atoms with E-state index in [0.717, 1.165) is 30.1 Å². The molecule has 5 nitrogen and oxygen atoms in total. The second kappa shape index (κ2) is 5.66. The summed E-state index contributed by atoms with van der Waals surface area (Å²) >= 11 is 0. The second-order valence-corrected chi connectivity index (χ2v) is 6.12. The lowest BCUT2D eigenvalue weighted by molar-refractivity contribution is -0.0175. The van der Waals surface area contributed by atoms with Crippen molar-refractivity contribution in [2.75, 3.05) is 18.0 Å². The lowest BCUT2D eigenvalue weighted by atomic mass is 10.1. The molecule has 2 unspecified atom stereocenters. The summed E-state index contributed by atoms with van der Waals surface area (Å²) in [5.74, 6) is 0.976. The smallest absolute Gasteiger partial charge is 0.154 e. The van der Waals surface area contributed by atoms with Crippen LogP contribution >= 0.6 is 0 Å². The quantitative estimate of drug-likeness (QED) is 0.730. The van der Waals surface area contributed by atoms with Gasteiger partial charge in [0.2, 0.25) is 0 Å². The highest BCUT2D eigenvalue weighted by Crippen LogP contribution is 2.29. The highest BCUT2D eigenvalue weighted by Gasteiger charge is 2.28. The molecule has 1 aliphatic rings. The van der Waals surface area contributed by atoms with Crippen molar-refractivity contribution in [2.24, 2.45) is 0 Å². The Morgan fingerprint density at radius 1 is 1.17 bits per heavy atom. The van der Waals surface area contributed by atoms with Gasteiger partial charge in [-0.3, -0.25) is 0 Å². The molecule has 0 radical (unpaired) electrons. The molecule has 1 aromatic carbocycles. The first kappa shape index (κ1) is 14.2. The van der Waals surface area contributed by atoms with Crippen LogP contribution in [0.3, 0.4) is 0 Å². The molecule has 1 saturated heterocycles. The lowest BCUT2D eigenvalue weighted by Gasteiger charge is -2.37. The maximum atomic E-state index is 6.15. The molecule has 4 rings (SSSR count). The first-order chi connectivity index (χ1) is 11.2. The summed E-state index contributed by atoms with van der Waals surface area (Å²) in [6, 6.07) is 12.5. The predicted molar refractivity (Wildman–Crippen MR) is 89.7 cm³/mol. The highest BCUT2D eigenvalue weighted by atomic mass is 16.5. The molecule has 1 aliphatic heterocycles. The van der Waals surface area contributed by atoms with Crippen LogP contribution in [-0.2, 0) is 4.74 Å². The summed E-state index contributed by atoms with van der Waals surface area (Å²) in [7, 11) is 0. The third kappa shape index (κ3) is 2.68. The normalized spacial score (nSPS) is 21.7. The Kier molecular flexibility index (Phi) is 3.50. The van der Waals surface area contributed by atoms with Crippen molar-refractivity contribution >= 4 is 11.3 Å². The minimum atomic E-state index is 0.0611. The standard InChI is InChI=1S/C18H20N4O/c1-13-10-16-18(19-8-9-22(16)20-13)21-11-14(2)23-17(12-21)15-6-4-3-5-7-15/h3-10,14,17H,11-12H2,1-2H3. The van der Waals surface area contributed by atoms with Gasteiger partial charge in [0.1, 0.15) is 11.6 Å². The van der Waals surface area contributed by atoms with E-state index in [2.05, 4.69) is 52.2 Å². The fourth-order valence-electron chi connectivity index (χ4n) is 3.25. The molecule has 3 aromatic rings. The van der Waals surface area contributed by atoms with E-state index in [0.29, 0.717) is 0 Å². The van der Waals surface area contributed by atoms with Gasteiger partial charge in [-0.05, 0) is 25.5 Å². The van der Waals surface area contributed by atoms with E-state index in [-0.39, 0.29) is 12.2 Å². The van der Waals surface area contributed by atoms with Crippen molar-refractivity contribution in [2.45, 2.75) is 26.1 Å². The largest absolute Gasteiger partial charge is 0.367 e. The monoisotopic (exact) mass is 308 g/mol. The summed E-state index contributed by atoms with van der Waals surface area (Å²) < 4.78 is 8.05. The highest BCUT2D eigenvalue weighted by molar-refractivity contribution is 5.69. The fraction of sp³-hybridized carbons (Fsp3) is 0.333. The zero-order valence-electron chi connectivity index (χ0n) is 13.4. The van der Waals surface area contributed by atoms with Gasteiger partial charge in [0.05, 0.1) is 11.8 Å². The van der Waals surface area contributed by atoms with Crippen molar-refractivity contribution < 1.29 is 4.74 Å². The van der Waals surface area contributed by atoms with Crippen LogP contribution in [0.25, 0.3) is 5.52 Å². The number of hydrogen-bond donors (Lipinski definition) is 0. The molecule has 1 fully saturated rings. The molecule has 2 atom stereocenters. The van der Waals surface area contributed by atoms with E-state index in [1.54, 1.807) is 0 Å². The van der Waals surface area contributed by atoms with E-state index < -0.39 is 0 Å². The average Bonchev–Trinajstić information content (AvgIpc) is 2.95. The Bertz CT molecular complexity index is 814. The SMILES string of the molecule is Cc1cc2c(N3CC(C)OC(c4ccccc4)C3)nccn2n1. The number of aryl methyl sites for hydroxylation is 1. The fourth-order valence-corrected chi connectivity index (χ4v) is 3.25. The topological polar surface area (TPSA) is 42.7 Å². The van der Waals surface area contributed by atoms with Gasteiger partial charge in [0.15, 0.2) is 5.82 Å². The first-order valence-electron chi connectivity index (χ1n) is 7.97. The van der Waals surface area contributed by atoms with Gasteiger partial charge in [-0.2, -0.15) is 5.10 Å². The van der Waals surface area contributed by atoms with E-state index in [1.165, 1.54) is 5.56 Å². The van der Waals surface area contributed by atoms with Crippen molar-refractivity contribution in [3.63, 3.8) is 0 Å². The van der Waals surface area contributed by atoms with E-state index in [4.69, 9.17) is 4.74 Å². The average molecular weight is 308 g/mol. The summed E-state index contributed by atoms with van der Waals surface area (Å²) in [5, 5.41) is 4.48. The maximum absolute atomic E-state index is 6.15. The molecule has 0 bridgehead atoms. The Balaban J connectivity index is 1.70. The van der Waals surface area contributed by atoms with Gasteiger partial charge in [0, 0.05) is 25.5 Å². The van der Waals surface area contributed by atoms with Crippen LogP contribution in [0, 0.1) is 6.92 Å². The number of anilines is 1. The first-order valence-corrected chi connectivity index (χ1v) is 7.97. The van der Waals surface area contributed by atoms with Gasteiger partial charge in [-0.15, -0.1) is 0 Å². The van der Waals surface area contributed by atoms with Crippen molar-refractivity contribution in [3.05, 3.63) is 60.0 Å². The molecule has 23 heavy (non-hydrogen) atoms. The third-order valence-electron chi connectivity index (χ3n) is 4.22. The van der Waals surface area contributed by atoms with Crippen molar-refractivity contribution in [3.8, 4) is 0 Å². The van der Waals surface area contributed by atoms with Crippen molar-refractivity contribution in [1.82, 2.24) is 14.6 Å². The summed E-state index contributed by atoms with van der Waals surface area (Å²) in [6.45, 7) is 5.75. The number of aromatic nitrogens is 3. The van der Waals surface area contributed by atoms with Gasteiger partial charge in [-0.25, -0.2) is 9.50 Å². The molecule has 5 heteroatoms. The van der Waals surface area contributed by atoms with Crippen LogP contribution in [0.4, 0.5) is 5.82 Å². The Morgan fingerprint density at radius 2 is 2.00 bits per heavy atom. The van der Waals surface area contributed by atoms with Crippen molar-refractivity contribution in [1.29, 1.82) is 0 Å². The molecule has 0 amide bonds. The number of morpholine rings is 1. The Hall–Kier alpha value is -2.40. The zero-order valence-corrected chi connectivity index (χ0v) is 13.4. The molecule has 2 aromatic heterocycles. The second-order valence-electron chi connectivity index (χ2n) is 6.12. The molecular weight excluding hydrogens is 288 g/mol. The Labute approximate surface area is 135 Å². The van der Waals surface area contributed by atoms with Crippen LogP contribution in [0.5, 0.6) is 0 Å². The zero-order chi connectivity index (χ0) is 15.8. The van der Waals surface area contributed by atoms with E-state index in [1.807, 2.05) is 29.9 Å². The summed E-state index contributed by atoms with van der Waals surface area (Å²) in [5.41, 5.74) is 3.26. The molecule has 3 heterocycles. The van der Waals surface area contributed by atoms with Gasteiger partial charge in [-0.1, -0.05) is 30.3 Å². The van der Waals surface area contributed by atoms with Crippen LogP contribution in [0.1, 0.15) is 24.3 Å². The number of ether oxygens (including phenoxy) is 1. The van der Waals surface area contributed by atoms with Crippen LogP contribution < -0.4 is 4.90 Å². The van der Waals surface area contributed by atoms with Crippen LogP contribution in [0.15, 0.2) is 48.8 Å². The molecule has 0 saturated carbocycles. The third-order valence-corrected chi connectivity index (χ3v) is 4.22. The predicted octanol–water partition coefficient (Wildman–Crippen LogP) is 3.00. The minimum Gasteiger partial charge on any atom is -0.367 e. The summed E-state index contributed by atoms with van der Waals surface area (Å²) in [4.78, 5) is 6.92. The Morgan fingerprint density at radius 3 is 2.83 bits per heavy atom. The van der Waals surface area contributed by atoms with Gasteiger partial charge < -0.3 is 9.64 Å². The van der Waals surface area contributed by atoms with Gasteiger partial charge in [0.25, 0.3) is 0 Å². The molecule has 118 valence electrons. The van der Waals surface area contributed by atoms with Gasteiger partial charge >= 0.3 is 0 Å². The number of fused-ring (bicyclic) bond motifs is 1. The number of rotatable bonds is 2. The van der Waals surface area contributed by atoms with Crippen LogP contribution in [-0.4, -0.2) is 33.8 Å². The number of nitrogens with zero attached hydrogens (tertiary/aromatic N) is 4. The number of hydrogen-bond acceptors (Lipinski definition) is 4. The minimum absolute atomic E-state index is 0.0611. The van der Waals surface area contributed by atoms with Crippen LogP contribution in [0.2, 0.25) is 0 Å². The lowest BCUT2D eigenvalue weighted by Crippen LogP contribution is -2.43. The molecule has 0 spiro atoms. The van der Waals surface area contributed by atoms with E-state index >= 15 is 0 Å². The molecular formula is C18H20N4O. The summed E-state index contributed by atoms with van der Waals surface area (Å²) in [6.07, 6.45) is 3.92. The van der Waals surface area contributed by atoms with E-state index in [9.17, 15) is 0 Å². The molecule has 0 N–H and O–H groups in total. The number of benzene rings is 1. The molecule has 0 aliphatic carbocycles. The maximum Gasteiger partial charge on any atom is 0.154 e.